The van der Waals surface area contributed by atoms with E-state index in [1.807, 2.05) is 0 Å². The van der Waals surface area contributed by atoms with Gasteiger partial charge in [0.1, 0.15) is 0 Å². The van der Waals surface area contributed by atoms with Crippen molar-refractivity contribution in [2.75, 3.05) is 9.80 Å². The standard InChI is InChI=1S/C82H88N2/c1-77(2,3)55-31-27-53(28-32-55)73-67-25-21-19-23-65(67)69-52-72-70(51-71(69)75(73)83(61-43-35-57(36-44-61)79(7,8)9)62-45-37-58(38-46-62)80(10,11)12)66-24-20-22-26-68(66)74(54-29-33-56(34-30-54)78(4,5)6)76(72)84(63-47-39-59(40-48-63)81(13,14)15)64-49-41-60(42-50-64)82(16,17)18/h19-52H,1-18H3. The Kier molecular flexibility index (Phi) is 14.5. The first kappa shape index (κ1) is 57.9. The normalized spacial score (nSPS) is 12.9. The molecule has 11 aromatic rings. The monoisotopic (exact) mass is 1100 g/mol. The van der Waals surface area contributed by atoms with Crippen molar-refractivity contribution < 1.29 is 0 Å². The van der Waals surface area contributed by atoms with Crippen molar-refractivity contribution in [3.63, 3.8) is 0 Å². The fourth-order valence-corrected chi connectivity index (χ4v) is 12.4. The fraction of sp³-hybridized carbons (Fsp3) is 0.293. The summed E-state index contributed by atoms with van der Waals surface area (Å²) in [5, 5.41) is 9.60. The Morgan fingerprint density at radius 2 is 0.405 bits per heavy atom. The first-order valence-electron chi connectivity index (χ1n) is 30.6. The van der Waals surface area contributed by atoms with Crippen LogP contribution in [0, 0.1) is 0 Å². The number of hydrogen-bond donors (Lipinski definition) is 0. The van der Waals surface area contributed by atoms with Crippen LogP contribution in [-0.4, -0.2) is 0 Å². The van der Waals surface area contributed by atoms with Gasteiger partial charge in [-0.2, -0.15) is 0 Å². The number of anilines is 6. The molecule has 84 heavy (non-hydrogen) atoms. The second-order valence-electron chi connectivity index (χ2n) is 30.0. The zero-order valence-corrected chi connectivity index (χ0v) is 53.5. The molecule has 426 valence electrons. The SMILES string of the molecule is CC(C)(C)c1ccc(-c2c(N(c3ccc(C(C)(C)C)cc3)c3ccc(C(C)(C)C)cc3)c3cc4c(cc3c3ccccc23)c(N(c2ccc(C(C)(C)C)cc2)c2ccc(C(C)(C)C)cc2)c(-c2ccc(C(C)(C)C)cc2)c2ccccc24)cc1. The summed E-state index contributed by atoms with van der Waals surface area (Å²) in [6, 6.07) is 80.0. The highest BCUT2D eigenvalue weighted by Crippen LogP contribution is 2.55. The fourth-order valence-electron chi connectivity index (χ4n) is 12.4. The Labute approximate surface area is 503 Å². The predicted octanol–water partition coefficient (Wildman–Crippen LogP) is 24.4. The molecule has 11 rings (SSSR count). The maximum Gasteiger partial charge on any atom is 0.0625 e. The summed E-state index contributed by atoms with van der Waals surface area (Å²) in [6.07, 6.45) is 0. The van der Waals surface area contributed by atoms with Crippen molar-refractivity contribution in [3.05, 3.63) is 240 Å². The van der Waals surface area contributed by atoms with E-state index < -0.39 is 0 Å². The van der Waals surface area contributed by atoms with Crippen molar-refractivity contribution in [2.45, 2.75) is 157 Å². The van der Waals surface area contributed by atoms with Crippen LogP contribution >= 0.6 is 0 Å². The lowest BCUT2D eigenvalue weighted by molar-refractivity contribution is 0.590. The molecule has 0 aliphatic rings. The summed E-state index contributed by atoms with van der Waals surface area (Å²) in [6.45, 7) is 41.5. The topological polar surface area (TPSA) is 6.48 Å². The molecular weight excluding hydrogens is 1010 g/mol. The van der Waals surface area contributed by atoms with Gasteiger partial charge in [-0.05, 0) is 170 Å². The summed E-state index contributed by atoms with van der Waals surface area (Å²) in [4.78, 5) is 5.14. The molecule has 2 nitrogen and oxygen atoms in total. The average molecular weight is 1100 g/mol. The van der Waals surface area contributed by atoms with Gasteiger partial charge >= 0.3 is 0 Å². The van der Waals surface area contributed by atoms with Crippen molar-refractivity contribution in [1.82, 2.24) is 0 Å². The Hall–Kier alpha value is -7.94. The van der Waals surface area contributed by atoms with Crippen molar-refractivity contribution >= 4 is 77.2 Å². The summed E-state index contributed by atoms with van der Waals surface area (Å²) in [5.74, 6) is 0. The van der Waals surface area contributed by atoms with Gasteiger partial charge in [-0.25, -0.2) is 0 Å². The van der Waals surface area contributed by atoms with E-state index in [4.69, 9.17) is 0 Å². The van der Waals surface area contributed by atoms with Crippen LogP contribution in [-0.2, 0) is 32.5 Å². The lowest BCUT2D eigenvalue weighted by Gasteiger charge is -2.33. The maximum absolute atomic E-state index is 2.57. The third-order valence-corrected chi connectivity index (χ3v) is 17.6. The van der Waals surface area contributed by atoms with Crippen LogP contribution in [0.5, 0.6) is 0 Å². The molecule has 0 aliphatic carbocycles. The second kappa shape index (κ2) is 21.0. The number of benzene rings is 11. The average Bonchev–Trinajstić information content (AvgIpc) is 0.819. The van der Waals surface area contributed by atoms with Gasteiger partial charge in [-0.1, -0.05) is 270 Å². The molecule has 11 aromatic carbocycles. The van der Waals surface area contributed by atoms with Gasteiger partial charge in [0.2, 0.25) is 0 Å². The highest BCUT2D eigenvalue weighted by Gasteiger charge is 2.30. The molecule has 2 heteroatoms. The zero-order valence-electron chi connectivity index (χ0n) is 53.5. The van der Waals surface area contributed by atoms with Crippen LogP contribution in [0.15, 0.2) is 206 Å². The number of fused-ring (bicyclic) bond motifs is 6. The Morgan fingerprint density at radius 1 is 0.202 bits per heavy atom. The van der Waals surface area contributed by atoms with Crippen molar-refractivity contribution in [3.8, 4) is 22.3 Å². The molecular formula is C82H88N2. The molecule has 0 N–H and O–H groups in total. The summed E-state index contributed by atoms with van der Waals surface area (Å²) in [7, 11) is 0. The molecule has 0 fully saturated rings. The van der Waals surface area contributed by atoms with E-state index in [1.54, 1.807) is 0 Å². The molecule has 0 spiro atoms. The molecule has 0 atom stereocenters. The third kappa shape index (κ3) is 10.9. The van der Waals surface area contributed by atoms with E-state index in [0.29, 0.717) is 0 Å². The van der Waals surface area contributed by atoms with Crippen LogP contribution in [0.25, 0.3) is 65.3 Å². The van der Waals surface area contributed by atoms with Gasteiger partial charge in [0, 0.05) is 44.6 Å². The van der Waals surface area contributed by atoms with Gasteiger partial charge in [0.25, 0.3) is 0 Å². The van der Waals surface area contributed by atoms with E-state index >= 15 is 0 Å². The highest BCUT2D eigenvalue weighted by molar-refractivity contribution is 6.30. The molecule has 0 radical (unpaired) electrons. The summed E-state index contributed by atoms with van der Waals surface area (Å²) >= 11 is 0. The van der Waals surface area contributed by atoms with E-state index in [2.05, 4.69) is 341 Å². The van der Waals surface area contributed by atoms with E-state index in [0.717, 1.165) is 34.1 Å². The lowest BCUT2D eigenvalue weighted by Crippen LogP contribution is -2.16. The molecule has 0 saturated heterocycles. The Balaban J connectivity index is 1.36. The molecule has 0 aromatic heterocycles. The van der Waals surface area contributed by atoms with Crippen molar-refractivity contribution in [2.24, 2.45) is 0 Å². The van der Waals surface area contributed by atoms with Crippen LogP contribution in [0.2, 0.25) is 0 Å². The van der Waals surface area contributed by atoms with Gasteiger partial charge in [-0.15, -0.1) is 0 Å². The molecule has 0 amide bonds. The first-order valence-corrected chi connectivity index (χ1v) is 30.6. The predicted molar refractivity (Wildman–Crippen MR) is 369 cm³/mol. The van der Waals surface area contributed by atoms with E-state index in [1.165, 1.54) is 98.7 Å². The minimum Gasteiger partial charge on any atom is -0.309 e. The minimum atomic E-state index is -0.0182. The number of rotatable bonds is 8. The largest absolute Gasteiger partial charge is 0.309 e. The minimum absolute atomic E-state index is 0.00917. The summed E-state index contributed by atoms with van der Waals surface area (Å²) < 4.78 is 0. The smallest absolute Gasteiger partial charge is 0.0625 e. The van der Waals surface area contributed by atoms with E-state index in [9.17, 15) is 0 Å². The van der Waals surface area contributed by atoms with Crippen LogP contribution in [0.4, 0.5) is 34.1 Å². The molecule has 0 saturated carbocycles. The van der Waals surface area contributed by atoms with Crippen molar-refractivity contribution in [1.29, 1.82) is 0 Å². The van der Waals surface area contributed by atoms with Crippen LogP contribution in [0.3, 0.4) is 0 Å². The third-order valence-electron chi connectivity index (χ3n) is 17.6. The lowest BCUT2D eigenvalue weighted by atomic mass is 9.83. The second-order valence-corrected chi connectivity index (χ2v) is 30.0. The Bertz CT molecular complexity index is 3820. The van der Waals surface area contributed by atoms with Gasteiger partial charge in [-0.3, -0.25) is 0 Å². The van der Waals surface area contributed by atoms with Gasteiger partial charge in [0.15, 0.2) is 0 Å². The Morgan fingerprint density at radius 3 is 0.619 bits per heavy atom. The quantitative estimate of drug-likeness (QED) is 0.111. The number of nitrogens with zero attached hydrogens (tertiary/aromatic N) is 2. The molecule has 0 heterocycles. The highest BCUT2D eigenvalue weighted by atomic mass is 15.2. The van der Waals surface area contributed by atoms with Crippen LogP contribution < -0.4 is 9.80 Å². The number of hydrogen-bond acceptors (Lipinski definition) is 2. The molecule has 0 bridgehead atoms. The zero-order chi connectivity index (χ0) is 60.1. The van der Waals surface area contributed by atoms with Crippen LogP contribution in [0.1, 0.15) is 158 Å². The molecule has 0 unspecified atom stereocenters. The van der Waals surface area contributed by atoms with Gasteiger partial charge < -0.3 is 9.80 Å². The van der Waals surface area contributed by atoms with Gasteiger partial charge in [0.05, 0.1) is 11.4 Å². The molecule has 0 aliphatic heterocycles. The van der Waals surface area contributed by atoms with E-state index in [-0.39, 0.29) is 32.5 Å². The first-order chi connectivity index (χ1) is 39.5. The maximum atomic E-state index is 2.57. The summed E-state index contributed by atoms with van der Waals surface area (Å²) in [5.41, 5.74) is 19.3.